The second-order valence-electron chi connectivity index (χ2n) is 4.72. The molecule has 0 unspecified atom stereocenters. The molecule has 116 valence electrons. The molecule has 0 spiro atoms. The molecule has 1 aromatic carbocycles. The monoisotopic (exact) mass is 319 g/mol. The van der Waals surface area contributed by atoms with Crippen LogP contribution in [0.3, 0.4) is 0 Å². The van der Waals surface area contributed by atoms with Gasteiger partial charge in [-0.05, 0) is 23.8 Å². The molecule has 2 aromatic rings. The second kappa shape index (κ2) is 8.36. The molecule has 5 nitrogen and oxygen atoms in total. The first-order chi connectivity index (χ1) is 10.6. The summed E-state index contributed by atoms with van der Waals surface area (Å²) < 4.78 is 5.48. The van der Waals surface area contributed by atoms with E-state index < -0.39 is 0 Å². The summed E-state index contributed by atoms with van der Waals surface area (Å²) in [5, 5.41) is 6.60. The normalized spacial score (nSPS) is 10.3. The molecular weight excluding hydrogens is 302 g/mol. The molecule has 0 atom stereocenters. The zero-order valence-corrected chi connectivity index (χ0v) is 13.1. The summed E-state index contributed by atoms with van der Waals surface area (Å²) in [5.41, 5.74) is 1.94. The summed E-state index contributed by atoms with van der Waals surface area (Å²) in [6.07, 6.45) is 1.56. The van der Waals surface area contributed by atoms with E-state index in [-0.39, 0.29) is 5.91 Å². The Labute approximate surface area is 134 Å². The highest BCUT2D eigenvalue weighted by Gasteiger charge is 1.98. The van der Waals surface area contributed by atoms with Gasteiger partial charge in [-0.25, -0.2) is 4.98 Å². The Morgan fingerprint density at radius 3 is 2.64 bits per heavy atom. The van der Waals surface area contributed by atoms with Crippen molar-refractivity contribution in [3.8, 4) is 5.88 Å². The fourth-order valence-corrected chi connectivity index (χ4v) is 1.93. The summed E-state index contributed by atoms with van der Waals surface area (Å²) in [6.45, 7) is 3.46. The van der Waals surface area contributed by atoms with Gasteiger partial charge in [0.1, 0.15) is 6.61 Å². The van der Waals surface area contributed by atoms with Crippen molar-refractivity contribution in [2.45, 2.75) is 13.5 Å². The Morgan fingerprint density at radius 1 is 1.23 bits per heavy atom. The fourth-order valence-electron chi connectivity index (χ4n) is 1.82. The summed E-state index contributed by atoms with van der Waals surface area (Å²) in [5.74, 6) is 0.490. The van der Waals surface area contributed by atoms with Crippen molar-refractivity contribution in [2.24, 2.45) is 0 Å². The number of carbonyl (C=O) groups is 1. The smallest absolute Gasteiger partial charge is 0.221 e. The van der Waals surface area contributed by atoms with E-state index in [0.29, 0.717) is 24.1 Å². The fraction of sp³-hybridized carbons (Fsp3) is 0.250. The Bertz CT molecular complexity index is 600. The number of benzene rings is 1. The van der Waals surface area contributed by atoms with Crippen LogP contribution in [-0.4, -0.2) is 24.0 Å². The number of nitrogens with zero attached hydrogens (tertiary/aromatic N) is 1. The first kappa shape index (κ1) is 16.3. The van der Waals surface area contributed by atoms with E-state index in [1.54, 1.807) is 18.3 Å². The number of rotatable bonds is 7. The van der Waals surface area contributed by atoms with E-state index in [0.717, 1.165) is 17.8 Å². The minimum absolute atomic E-state index is 0.0705. The molecule has 6 heteroatoms. The molecule has 0 aliphatic heterocycles. The highest BCUT2D eigenvalue weighted by Crippen LogP contribution is 2.11. The van der Waals surface area contributed by atoms with Crippen LogP contribution >= 0.6 is 11.6 Å². The molecule has 0 saturated carbocycles. The third-order valence-corrected chi connectivity index (χ3v) is 3.06. The third kappa shape index (κ3) is 5.71. The second-order valence-corrected chi connectivity index (χ2v) is 5.15. The molecule has 2 N–H and O–H groups in total. The number of hydrogen-bond acceptors (Lipinski definition) is 4. The number of hydrogen-bond donors (Lipinski definition) is 2. The minimum Gasteiger partial charge on any atom is -0.476 e. The van der Waals surface area contributed by atoms with Gasteiger partial charge in [0.05, 0.1) is 5.02 Å². The molecule has 0 fully saturated rings. The predicted octanol–water partition coefficient (Wildman–Crippen LogP) is 2.86. The number of carbonyl (C=O) groups excluding carboxylic acids is 1. The van der Waals surface area contributed by atoms with Gasteiger partial charge in [-0.2, -0.15) is 0 Å². The topological polar surface area (TPSA) is 63.2 Å². The summed E-state index contributed by atoms with van der Waals surface area (Å²) in [4.78, 5) is 15.0. The van der Waals surface area contributed by atoms with Crippen LogP contribution in [0.1, 0.15) is 12.5 Å². The van der Waals surface area contributed by atoms with Crippen LogP contribution in [0.5, 0.6) is 5.88 Å². The van der Waals surface area contributed by atoms with Gasteiger partial charge in [0.25, 0.3) is 0 Å². The Morgan fingerprint density at radius 2 is 2.00 bits per heavy atom. The lowest BCUT2D eigenvalue weighted by Crippen LogP contribution is -2.20. The molecule has 0 aliphatic carbocycles. The Kier molecular flexibility index (Phi) is 6.18. The van der Waals surface area contributed by atoms with Gasteiger partial charge in [0, 0.05) is 38.0 Å². The van der Waals surface area contributed by atoms with E-state index >= 15 is 0 Å². The van der Waals surface area contributed by atoms with Crippen LogP contribution in [-0.2, 0) is 11.3 Å². The van der Waals surface area contributed by atoms with E-state index in [9.17, 15) is 4.79 Å². The molecule has 1 amide bonds. The first-order valence-electron chi connectivity index (χ1n) is 6.95. The summed E-state index contributed by atoms with van der Waals surface area (Å²) >= 11 is 5.75. The van der Waals surface area contributed by atoms with Crippen molar-refractivity contribution in [1.29, 1.82) is 0 Å². The lowest BCUT2D eigenvalue weighted by Gasteiger charge is -2.08. The predicted molar refractivity (Wildman–Crippen MR) is 87.2 cm³/mol. The van der Waals surface area contributed by atoms with Gasteiger partial charge in [-0.15, -0.1) is 0 Å². The number of nitrogens with one attached hydrogen (secondary N) is 2. The Balaban J connectivity index is 1.66. The molecule has 1 aromatic heterocycles. The van der Waals surface area contributed by atoms with Crippen molar-refractivity contribution in [2.75, 3.05) is 18.5 Å². The lowest BCUT2D eigenvalue weighted by atomic mass is 10.2. The maximum absolute atomic E-state index is 10.9. The maximum atomic E-state index is 10.9. The van der Waals surface area contributed by atoms with Crippen LogP contribution in [0, 0.1) is 0 Å². The largest absolute Gasteiger partial charge is 0.476 e. The highest BCUT2D eigenvalue weighted by molar-refractivity contribution is 6.30. The number of anilines is 1. The third-order valence-electron chi connectivity index (χ3n) is 2.83. The van der Waals surface area contributed by atoms with Crippen LogP contribution in [0.15, 0.2) is 42.6 Å². The van der Waals surface area contributed by atoms with Gasteiger partial charge in [-0.1, -0.05) is 23.7 Å². The quantitative estimate of drug-likeness (QED) is 0.770. The molecule has 0 bridgehead atoms. The minimum atomic E-state index is -0.0705. The highest BCUT2D eigenvalue weighted by atomic mass is 35.5. The SMILES string of the molecule is CC(=O)Nc1ccc(CNCCOc2ccc(Cl)cn2)cc1. The first-order valence-corrected chi connectivity index (χ1v) is 7.33. The summed E-state index contributed by atoms with van der Waals surface area (Å²) in [6, 6.07) is 11.2. The lowest BCUT2D eigenvalue weighted by molar-refractivity contribution is -0.114. The number of aromatic nitrogens is 1. The number of ether oxygens (including phenoxy) is 1. The molecule has 22 heavy (non-hydrogen) atoms. The van der Waals surface area contributed by atoms with E-state index in [1.807, 2.05) is 24.3 Å². The molecule has 1 heterocycles. The van der Waals surface area contributed by atoms with Gasteiger partial charge in [0.15, 0.2) is 0 Å². The zero-order valence-electron chi connectivity index (χ0n) is 12.3. The number of halogens is 1. The van der Waals surface area contributed by atoms with E-state index in [4.69, 9.17) is 16.3 Å². The van der Waals surface area contributed by atoms with Gasteiger partial charge in [-0.3, -0.25) is 4.79 Å². The number of amides is 1. The molecule has 0 radical (unpaired) electrons. The molecular formula is C16H18ClN3O2. The van der Waals surface area contributed by atoms with Crippen molar-refractivity contribution < 1.29 is 9.53 Å². The standard InChI is InChI=1S/C16H18ClN3O2/c1-12(21)20-15-5-2-13(3-6-15)10-18-8-9-22-16-7-4-14(17)11-19-16/h2-7,11,18H,8-10H2,1H3,(H,20,21). The van der Waals surface area contributed by atoms with Crippen molar-refractivity contribution >= 4 is 23.2 Å². The van der Waals surface area contributed by atoms with Crippen LogP contribution in [0.4, 0.5) is 5.69 Å². The number of pyridine rings is 1. The van der Waals surface area contributed by atoms with Crippen molar-refractivity contribution in [3.05, 3.63) is 53.2 Å². The zero-order chi connectivity index (χ0) is 15.8. The van der Waals surface area contributed by atoms with Crippen LogP contribution in [0.25, 0.3) is 0 Å². The average molecular weight is 320 g/mol. The molecule has 0 aliphatic rings. The van der Waals surface area contributed by atoms with Gasteiger partial charge < -0.3 is 15.4 Å². The van der Waals surface area contributed by atoms with Gasteiger partial charge >= 0.3 is 0 Å². The maximum Gasteiger partial charge on any atom is 0.221 e. The molecule has 0 saturated heterocycles. The Hall–Kier alpha value is -2.11. The van der Waals surface area contributed by atoms with E-state index in [1.165, 1.54) is 6.92 Å². The van der Waals surface area contributed by atoms with Crippen LogP contribution < -0.4 is 15.4 Å². The molecule has 2 rings (SSSR count). The summed E-state index contributed by atoms with van der Waals surface area (Å²) in [7, 11) is 0. The van der Waals surface area contributed by atoms with Crippen LogP contribution in [0.2, 0.25) is 5.02 Å². The average Bonchev–Trinajstić information content (AvgIpc) is 2.50. The van der Waals surface area contributed by atoms with Crippen molar-refractivity contribution in [3.63, 3.8) is 0 Å². The van der Waals surface area contributed by atoms with Crippen molar-refractivity contribution in [1.82, 2.24) is 10.3 Å². The van der Waals surface area contributed by atoms with Gasteiger partial charge in [0.2, 0.25) is 11.8 Å². The van der Waals surface area contributed by atoms with E-state index in [2.05, 4.69) is 15.6 Å².